The number of amides is 1. The van der Waals surface area contributed by atoms with E-state index in [0.29, 0.717) is 27.1 Å². The summed E-state index contributed by atoms with van der Waals surface area (Å²) >= 11 is 12.3. The van der Waals surface area contributed by atoms with E-state index in [1.54, 1.807) is 24.3 Å². The van der Waals surface area contributed by atoms with Gasteiger partial charge in [-0.1, -0.05) is 29.3 Å². The van der Waals surface area contributed by atoms with Crippen molar-refractivity contribution in [2.75, 3.05) is 11.9 Å². The van der Waals surface area contributed by atoms with E-state index in [-0.39, 0.29) is 12.2 Å². The zero-order chi connectivity index (χ0) is 19.8. The highest BCUT2D eigenvalue weighted by Crippen LogP contribution is 2.33. The van der Waals surface area contributed by atoms with Crippen LogP contribution in [0.3, 0.4) is 0 Å². The van der Waals surface area contributed by atoms with Crippen molar-refractivity contribution >= 4 is 45.8 Å². The van der Waals surface area contributed by atoms with Gasteiger partial charge in [-0.3, -0.25) is 4.79 Å². The lowest BCUT2D eigenvalue weighted by Crippen LogP contribution is -2.20. The average Bonchev–Trinajstić information content (AvgIpc) is 3.17. The van der Waals surface area contributed by atoms with Gasteiger partial charge in [0.2, 0.25) is 0 Å². The second kappa shape index (κ2) is 7.49. The van der Waals surface area contributed by atoms with Crippen molar-refractivity contribution < 1.29 is 13.9 Å². The Labute approximate surface area is 171 Å². The van der Waals surface area contributed by atoms with Crippen LogP contribution >= 0.6 is 23.2 Å². The molecule has 1 amide bonds. The van der Waals surface area contributed by atoms with E-state index in [1.165, 1.54) is 0 Å². The van der Waals surface area contributed by atoms with Gasteiger partial charge in [-0.25, -0.2) is 4.79 Å². The van der Waals surface area contributed by atoms with Crippen LogP contribution in [0.1, 0.15) is 23.1 Å². The zero-order valence-corrected chi connectivity index (χ0v) is 16.6. The predicted octanol–water partition coefficient (Wildman–Crippen LogP) is 4.91. The van der Waals surface area contributed by atoms with E-state index in [2.05, 4.69) is 5.32 Å². The third kappa shape index (κ3) is 3.48. The van der Waals surface area contributed by atoms with Crippen molar-refractivity contribution in [1.29, 1.82) is 0 Å². The van der Waals surface area contributed by atoms with Gasteiger partial charge in [-0.2, -0.15) is 0 Å². The van der Waals surface area contributed by atoms with Gasteiger partial charge in [0.05, 0.1) is 15.7 Å². The average molecular weight is 418 g/mol. The van der Waals surface area contributed by atoms with Crippen molar-refractivity contribution in [2.24, 2.45) is 0 Å². The molecule has 0 spiro atoms. The topological polar surface area (TPSA) is 68.5 Å². The number of anilines is 1. The van der Waals surface area contributed by atoms with Gasteiger partial charge in [0, 0.05) is 17.0 Å². The highest BCUT2D eigenvalue weighted by Gasteiger charge is 2.20. The number of hydrogen-bond acceptors (Lipinski definition) is 4. The van der Waals surface area contributed by atoms with E-state index in [4.69, 9.17) is 32.4 Å². The SMILES string of the molecule is Cc1ccc(Cl)c(NC(=O)COc2ccc3c4c(c(=O)oc3c2)CCC4)c1Cl. The molecule has 1 N–H and O–H groups in total. The Morgan fingerprint density at radius 1 is 1.18 bits per heavy atom. The monoisotopic (exact) mass is 417 g/mol. The molecule has 3 aromatic rings. The van der Waals surface area contributed by atoms with E-state index < -0.39 is 5.91 Å². The van der Waals surface area contributed by atoms with Gasteiger partial charge < -0.3 is 14.5 Å². The van der Waals surface area contributed by atoms with Crippen molar-refractivity contribution in [3.63, 3.8) is 0 Å². The molecule has 144 valence electrons. The minimum atomic E-state index is -0.398. The molecule has 0 unspecified atom stereocenters. The second-order valence-corrected chi connectivity index (χ2v) is 7.53. The fourth-order valence-corrected chi connectivity index (χ4v) is 3.91. The standard InChI is InChI=1S/C21H17Cl2NO4/c1-11-5-8-16(22)20(19(11)23)24-18(25)10-27-12-6-7-14-13-3-2-4-15(13)21(26)28-17(14)9-12/h5-9H,2-4,10H2,1H3,(H,24,25). The van der Waals surface area contributed by atoms with Crippen LogP contribution in [-0.2, 0) is 17.6 Å². The number of aryl methyl sites for hydroxylation is 2. The number of rotatable bonds is 4. The number of carbonyl (C=O) groups excluding carboxylic acids is 1. The molecule has 7 heteroatoms. The molecule has 0 radical (unpaired) electrons. The first-order valence-corrected chi connectivity index (χ1v) is 9.65. The molecule has 0 saturated heterocycles. The van der Waals surface area contributed by atoms with Gasteiger partial charge in [-0.15, -0.1) is 0 Å². The number of nitrogens with one attached hydrogen (secondary N) is 1. The molecule has 1 aliphatic rings. The molecule has 0 atom stereocenters. The molecule has 1 aromatic heterocycles. The van der Waals surface area contributed by atoms with Crippen molar-refractivity contribution in [1.82, 2.24) is 0 Å². The summed E-state index contributed by atoms with van der Waals surface area (Å²) < 4.78 is 11.0. The van der Waals surface area contributed by atoms with Gasteiger partial charge in [0.1, 0.15) is 11.3 Å². The fourth-order valence-electron chi connectivity index (χ4n) is 3.45. The number of carbonyl (C=O) groups is 1. The molecule has 0 bridgehead atoms. The number of halogens is 2. The van der Waals surface area contributed by atoms with Crippen molar-refractivity contribution in [2.45, 2.75) is 26.2 Å². The molecule has 28 heavy (non-hydrogen) atoms. The summed E-state index contributed by atoms with van der Waals surface area (Å²) in [6.07, 6.45) is 2.59. The Hall–Kier alpha value is -2.50. The Kier molecular flexibility index (Phi) is 5.04. The maximum atomic E-state index is 12.2. The summed E-state index contributed by atoms with van der Waals surface area (Å²) in [5, 5.41) is 4.33. The third-order valence-electron chi connectivity index (χ3n) is 4.86. The van der Waals surface area contributed by atoms with Crippen LogP contribution < -0.4 is 15.7 Å². The van der Waals surface area contributed by atoms with Gasteiger partial charge in [-0.05, 0) is 55.5 Å². The lowest BCUT2D eigenvalue weighted by atomic mass is 10.1. The molecule has 1 heterocycles. The number of fused-ring (bicyclic) bond motifs is 3. The molecule has 4 rings (SSSR count). The minimum absolute atomic E-state index is 0.235. The van der Waals surface area contributed by atoms with Gasteiger partial charge in [0.15, 0.2) is 6.61 Å². The predicted molar refractivity (Wildman–Crippen MR) is 110 cm³/mol. The number of benzene rings is 2. The first-order chi connectivity index (χ1) is 13.4. The summed E-state index contributed by atoms with van der Waals surface area (Å²) in [6, 6.07) is 8.71. The molecule has 0 fully saturated rings. The summed E-state index contributed by atoms with van der Waals surface area (Å²) in [7, 11) is 0. The Morgan fingerprint density at radius 3 is 2.79 bits per heavy atom. The summed E-state index contributed by atoms with van der Waals surface area (Å²) in [5.41, 5.74) is 3.16. The lowest BCUT2D eigenvalue weighted by Gasteiger charge is -2.12. The van der Waals surface area contributed by atoms with E-state index in [1.807, 2.05) is 13.0 Å². The largest absolute Gasteiger partial charge is 0.484 e. The van der Waals surface area contributed by atoms with Crippen molar-refractivity contribution in [3.8, 4) is 5.75 Å². The Morgan fingerprint density at radius 2 is 1.96 bits per heavy atom. The molecular weight excluding hydrogens is 401 g/mol. The first kappa shape index (κ1) is 18.8. The Bertz CT molecular complexity index is 1150. The molecule has 0 aliphatic heterocycles. The quantitative estimate of drug-likeness (QED) is 0.611. The van der Waals surface area contributed by atoms with Crippen LogP contribution in [0.15, 0.2) is 39.5 Å². The summed E-state index contributed by atoms with van der Waals surface area (Å²) in [4.78, 5) is 24.3. The third-order valence-corrected chi connectivity index (χ3v) is 5.67. The highest BCUT2D eigenvalue weighted by molar-refractivity contribution is 6.40. The highest BCUT2D eigenvalue weighted by atomic mass is 35.5. The van der Waals surface area contributed by atoms with Gasteiger partial charge in [0.25, 0.3) is 5.91 Å². The molecular formula is C21H17Cl2NO4. The van der Waals surface area contributed by atoms with E-state index in [9.17, 15) is 9.59 Å². The van der Waals surface area contributed by atoms with Crippen LogP contribution in [-0.4, -0.2) is 12.5 Å². The van der Waals surface area contributed by atoms with Crippen LogP contribution in [0.2, 0.25) is 10.0 Å². The van der Waals surface area contributed by atoms with Crippen LogP contribution in [0.25, 0.3) is 11.0 Å². The lowest BCUT2D eigenvalue weighted by molar-refractivity contribution is -0.118. The maximum Gasteiger partial charge on any atom is 0.339 e. The zero-order valence-electron chi connectivity index (χ0n) is 15.1. The summed E-state index contributed by atoms with van der Waals surface area (Å²) in [6.45, 7) is 1.59. The summed E-state index contributed by atoms with van der Waals surface area (Å²) in [5.74, 6) is 0.0371. The molecule has 2 aromatic carbocycles. The van der Waals surface area contributed by atoms with Gasteiger partial charge >= 0.3 is 5.63 Å². The fraction of sp³-hybridized carbons (Fsp3) is 0.238. The van der Waals surface area contributed by atoms with Crippen LogP contribution in [0, 0.1) is 6.92 Å². The molecule has 5 nitrogen and oxygen atoms in total. The molecule has 0 saturated carbocycles. The van der Waals surface area contributed by atoms with E-state index in [0.717, 1.165) is 41.3 Å². The number of hydrogen-bond donors (Lipinski definition) is 1. The van der Waals surface area contributed by atoms with E-state index >= 15 is 0 Å². The van der Waals surface area contributed by atoms with Crippen LogP contribution in [0.4, 0.5) is 5.69 Å². The second-order valence-electron chi connectivity index (χ2n) is 6.75. The maximum absolute atomic E-state index is 12.2. The van der Waals surface area contributed by atoms with Crippen molar-refractivity contribution in [3.05, 3.63) is 67.5 Å². The normalized spacial score (nSPS) is 12.8. The smallest absolute Gasteiger partial charge is 0.339 e. The molecule has 1 aliphatic carbocycles. The first-order valence-electron chi connectivity index (χ1n) is 8.90. The minimum Gasteiger partial charge on any atom is -0.484 e. The number of ether oxygens (including phenoxy) is 1. The Balaban J connectivity index is 1.50. The van der Waals surface area contributed by atoms with Crippen LogP contribution in [0.5, 0.6) is 5.75 Å².